The lowest BCUT2D eigenvalue weighted by Crippen LogP contribution is -2.15. The lowest BCUT2D eigenvalue weighted by molar-refractivity contribution is 0.102. The van der Waals surface area contributed by atoms with Crippen molar-refractivity contribution in [1.82, 2.24) is 10.2 Å². The number of aromatic nitrogens is 2. The van der Waals surface area contributed by atoms with Gasteiger partial charge < -0.3 is 10.6 Å². The molecule has 0 saturated carbocycles. The van der Waals surface area contributed by atoms with Crippen LogP contribution in [-0.2, 0) is 0 Å². The highest BCUT2D eigenvalue weighted by Gasteiger charge is 2.16. The van der Waals surface area contributed by atoms with Crippen molar-refractivity contribution in [2.24, 2.45) is 0 Å². The minimum atomic E-state index is -0.698. The molecule has 3 aromatic rings. The molecule has 126 valence electrons. The summed E-state index contributed by atoms with van der Waals surface area (Å²) in [6.07, 6.45) is 0. The van der Waals surface area contributed by atoms with Crippen LogP contribution in [0.1, 0.15) is 15.9 Å². The van der Waals surface area contributed by atoms with E-state index in [1.165, 1.54) is 18.2 Å². The summed E-state index contributed by atoms with van der Waals surface area (Å²) in [6, 6.07) is 15.1. The van der Waals surface area contributed by atoms with Gasteiger partial charge in [0.1, 0.15) is 5.82 Å². The van der Waals surface area contributed by atoms with Gasteiger partial charge in [0.05, 0.1) is 10.6 Å². The molecule has 0 aliphatic heterocycles. The minimum Gasteiger partial charge on any atom is -0.339 e. The summed E-state index contributed by atoms with van der Waals surface area (Å²) in [6.45, 7) is 1.99. The SMILES string of the molecule is Cc1cccc(Nc2ccc(NC(=O)c3c(F)cccc3Cl)nn2)c1. The Bertz CT molecular complexity index is 895. The number of halogens is 2. The highest BCUT2D eigenvalue weighted by molar-refractivity contribution is 6.34. The van der Waals surface area contributed by atoms with Gasteiger partial charge in [0.2, 0.25) is 0 Å². The normalized spacial score (nSPS) is 10.4. The first-order valence-corrected chi connectivity index (χ1v) is 7.83. The molecule has 0 atom stereocenters. The maximum Gasteiger partial charge on any atom is 0.261 e. The molecule has 1 aromatic heterocycles. The van der Waals surface area contributed by atoms with Crippen molar-refractivity contribution in [2.75, 3.05) is 10.6 Å². The monoisotopic (exact) mass is 356 g/mol. The first kappa shape index (κ1) is 16.9. The fraction of sp³-hybridized carbons (Fsp3) is 0.0556. The Morgan fingerprint density at radius 3 is 2.44 bits per heavy atom. The Morgan fingerprint density at radius 1 is 1.04 bits per heavy atom. The zero-order chi connectivity index (χ0) is 17.8. The van der Waals surface area contributed by atoms with E-state index in [9.17, 15) is 9.18 Å². The molecule has 3 rings (SSSR count). The van der Waals surface area contributed by atoms with E-state index in [1.807, 2.05) is 31.2 Å². The fourth-order valence-electron chi connectivity index (χ4n) is 2.23. The third-order valence-corrected chi connectivity index (χ3v) is 3.70. The van der Waals surface area contributed by atoms with Crippen molar-refractivity contribution in [3.63, 3.8) is 0 Å². The number of benzene rings is 2. The molecule has 5 nitrogen and oxygen atoms in total. The Labute approximate surface area is 148 Å². The summed E-state index contributed by atoms with van der Waals surface area (Å²) in [5.41, 5.74) is 1.76. The van der Waals surface area contributed by atoms with Crippen LogP contribution in [0.15, 0.2) is 54.6 Å². The van der Waals surface area contributed by atoms with E-state index >= 15 is 0 Å². The zero-order valence-corrected chi connectivity index (χ0v) is 14.0. The predicted octanol–water partition coefficient (Wildman–Crippen LogP) is 4.57. The number of hydrogen-bond donors (Lipinski definition) is 2. The second-order valence-electron chi connectivity index (χ2n) is 5.35. The molecule has 0 aliphatic carbocycles. The number of carbonyl (C=O) groups is 1. The van der Waals surface area contributed by atoms with Gasteiger partial charge in [-0.25, -0.2) is 4.39 Å². The molecule has 7 heteroatoms. The Kier molecular flexibility index (Phi) is 4.90. The van der Waals surface area contributed by atoms with E-state index in [1.54, 1.807) is 12.1 Å². The highest BCUT2D eigenvalue weighted by Crippen LogP contribution is 2.20. The predicted molar refractivity (Wildman–Crippen MR) is 95.9 cm³/mol. The van der Waals surface area contributed by atoms with Gasteiger partial charge in [-0.2, -0.15) is 0 Å². The standard InChI is InChI=1S/C18H14ClFN4O/c1-11-4-2-5-12(10-11)21-15-8-9-16(24-23-15)22-18(25)17-13(19)6-3-7-14(17)20/h2-10H,1H3,(H,21,23)(H,22,24,25). The first-order valence-electron chi connectivity index (χ1n) is 7.46. The van der Waals surface area contributed by atoms with E-state index in [0.29, 0.717) is 5.82 Å². The van der Waals surface area contributed by atoms with Crippen molar-refractivity contribution in [1.29, 1.82) is 0 Å². The molecule has 1 heterocycles. The van der Waals surface area contributed by atoms with Crippen LogP contribution in [0, 0.1) is 12.7 Å². The van der Waals surface area contributed by atoms with Crippen LogP contribution >= 0.6 is 11.6 Å². The highest BCUT2D eigenvalue weighted by atomic mass is 35.5. The molecule has 1 amide bonds. The number of nitrogens with zero attached hydrogens (tertiary/aromatic N) is 2. The quantitative estimate of drug-likeness (QED) is 0.718. The fourth-order valence-corrected chi connectivity index (χ4v) is 2.48. The summed E-state index contributed by atoms with van der Waals surface area (Å²) < 4.78 is 13.8. The van der Waals surface area contributed by atoms with Crippen LogP contribution in [0.5, 0.6) is 0 Å². The van der Waals surface area contributed by atoms with Crippen LogP contribution in [0.25, 0.3) is 0 Å². The van der Waals surface area contributed by atoms with Gasteiger partial charge in [-0.1, -0.05) is 29.8 Å². The molecule has 0 fully saturated rings. The number of anilines is 3. The van der Waals surface area contributed by atoms with Crippen molar-refractivity contribution >= 4 is 34.8 Å². The number of amides is 1. The van der Waals surface area contributed by atoms with E-state index in [2.05, 4.69) is 20.8 Å². The Balaban J connectivity index is 1.71. The average Bonchev–Trinajstić information content (AvgIpc) is 2.56. The van der Waals surface area contributed by atoms with Gasteiger partial charge in [-0.05, 0) is 48.9 Å². The lowest BCUT2D eigenvalue weighted by Gasteiger charge is -2.08. The topological polar surface area (TPSA) is 66.9 Å². The van der Waals surface area contributed by atoms with E-state index < -0.39 is 11.7 Å². The molecule has 0 bridgehead atoms. The van der Waals surface area contributed by atoms with E-state index in [4.69, 9.17) is 11.6 Å². The summed E-state index contributed by atoms with van der Waals surface area (Å²) in [5.74, 6) is -0.667. The molecule has 2 aromatic carbocycles. The van der Waals surface area contributed by atoms with Crippen LogP contribution in [0.2, 0.25) is 5.02 Å². The summed E-state index contributed by atoms with van der Waals surface area (Å²) in [5, 5.41) is 13.5. The van der Waals surface area contributed by atoms with Gasteiger partial charge >= 0.3 is 0 Å². The number of nitrogens with one attached hydrogen (secondary N) is 2. The molecule has 2 N–H and O–H groups in total. The van der Waals surface area contributed by atoms with Crippen LogP contribution in [0.4, 0.5) is 21.7 Å². The smallest absolute Gasteiger partial charge is 0.261 e. The number of hydrogen-bond acceptors (Lipinski definition) is 4. The molecule has 0 unspecified atom stereocenters. The summed E-state index contributed by atoms with van der Waals surface area (Å²) >= 11 is 5.87. The molecule has 0 spiro atoms. The Hall–Kier alpha value is -2.99. The molecule has 0 saturated heterocycles. The van der Waals surface area contributed by atoms with Gasteiger partial charge in [0.15, 0.2) is 11.6 Å². The second kappa shape index (κ2) is 7.27. The van der Waals surface area contributed by atoms with Gasteiger partial charge in [0.25, 0.3) is 5.91 Å². The molecular formula is C18H14ClFN4O. The number of aryl methyl sites for hydroxylation is 1. The van der Waals surface area contributed by atoms with Crippen molar-refractivity contribution in [3.05, 3.63) is 76.6 Å². The third kappa shape index (κ3) is 4.10. The second-order valence-corrected chi connectivity index (χ2v) is 5.76. The maximum atomic E-state index is 13.8. The third-order valence-electron chi connectivity index (χ3n) is 3.39. The van der Waals surface area contributed by atoms with Gasteiger partial charge in [0, 0.05) is 5.69 Å². The number of rotatable bonds is 4. The molecule has 0 aliphatic rings. The first-order chi connectivity index (χ1) is 12.0. The zero-order valence-electron chi connectivity index (χ0n) is 13.3. The minimum absolute atomic E-state index is 0.0307. The molecule has 0 radical (unpaired) electrons. The van der Waals surface area contributed by atoms with Crippen LogP contribution in [0.3, 0.4) is 0 Å². The molecular weight excluding hydrogens is 343 g/mol. The van der Waals surface area contributed by atoms with Crippen molar-refractivity contribution < 1.29 is 9.18 Å². The maximum absolute atomic E-state index is 13.8. The average molecular weight is 357 g/mol. The van der Waals surface area contributed by atoms with E-state index in [-0.39, 0.29) is 16.4 Å². The van der Waals surface area contributed by atoms with Crippen molar-refractivity contribution in [2.45, 2.75) is 6.92 Å². The Morgan fingerprint density at radius 2 is 1.76 bits per heavy atom. The molecule has 25 heavy (non-hydrogen) atoms. The van der Waals surface area contributed by atoms with Gasteiger partial charge in [-0.3, -0.25) is 4.79 Å². The lowest BCUT2D eigenvalue weighted by atomic mass is 10.2. The summed E-state index contributed by atoms with van der Waals surface area (Å²) in [7, 11) is 0. The van der Waals surface area contributed by atoms with E-state index in [0.717, 1.165) is 11.3 Å². The van der Waals surface area contributed by atoms with Crippen LogP contribution < -0.4 is 10.6 Å². The number of carbonyl (C=O) groups excluding carboxylic acids is 1. The summed E-state index contributed by atoms with van der Waals surface area (Å²) in [4.78, 5) is 12.2. The van der Waals surface area contributed by atoms with Crippen molar-refractivity contribution in [3.8, 4) is 0 Å². The largest absolute Gasteiger partial charge is 0.339 e. The van der Waals surface area contributed by atoms with Gasteiger partial charge in [-0.15, -0.1) is 10.2 Å². The van der Waals surface area contributed by atoms with Crippen LogP contribution in [-0.4, -0.2) is 16.1 Å².